The van der Waals surface area contributed by atoms with Gasteiger partial charge in [-0.3, -0.25) is 0 Å². The monoisotopic (exact) mass is 230 g/mol. The average molecular weight is 230 g/mol. The predicted molar refractivity (Wildman–Crippen MR) is 62.3 cm³/mol. The van der Waals surface area contributed by atoms with Crippen LogP contribution in [0.1, 0.15) is 27.7 Å². The summed E-state index contributed by atoms with van der Waals surface area (Å²) in [7, 11) is 0. The smallest absolute Gasteiger partial charge is 0.333 e. The van der Waals surface area contributed by atoms with Crippen LogP contribution in [0.25, 0.3) is 0 Å². The first-order valence-electron chi connectivity index (χ1n) is 5.53. The highest BCUT2D eigenvalue weighted by Gasteiger charge is 2.11. The third-order valence-electron chi connectivity index (χ3n) is 1.83. The van der Waals surface area contributed by atoms with E-state index in [0.29, 0.717) is 25.4 Å². The number of hydrogen-bond acceptors (Lipinski definition) is 4. The van der Waals surface area contributed by atoms with Crippen molar-refractivity contribution in [3.05, 3.63) is 12.2 Å². The van der Waals surface area contributed by atoms with E-state index < -0.39 is 0 Å². The van der Waals surface area contributed by atoms with Crippen LogP contribution in [-0.4, -0.2) is 38.0 Å². The summed E-state index contributed by atoms with van der Waals surface area (Å²) >= 11 is 0. The molecule has 2 atom stereocenters. The largest absolute Gasteiger partial charge is 0.457 e. The van der Waals surface area contributed by atoms with Crippen molar-refractivity contribution in [1.29, 1.82) is 0 Å². The van der Waals surface area contributed by atoms with Crippen molar-refractivity contribution in [2.24, 2.45) is 0 Å². The molecule has 0 amide bonds. The Morgan fingerprint density at radius 3 is 2.38 bits per heavy atom. The summed E-state index contributed by atoms with van der Waals surface area (Å²) < 4.78 is 15.7. The van der Waals surface area contributed by atoms with Crippen molar-refractivity contribution in [2.75, 3.05) is 19.8 Å². The highest BCUT2D eigenvalue weighted by molar-refractivity contribution is 5.87. The zero-order chi connectivity index (χ0) is 12.6. The van der Waals surface area contributed by atoms with Crippen LogP contribution in [-0.2, 0) is 19.0 Å². The van der Waals surface area contributed by atoms with E-state index in [0.717, 1.165) is 0 Å². The van der Waals surface area contributed by atoms with Crippen LogP contribution in [0.5, 0.6) is 0 Å². The predicted octanol–water partition coefficient (Wildman–Crippen LogP) is 1.94. The quantitative estimate of drug-likeness (QED) is 0.472. The van der Waals surface area contributed by atoms with Gasteiger partial charge in [-0.2, -0.15) is 0 Å². The molecule has 0 saturated carbocycles. The minimum Gasteiger partial charge on any atom is -0.457 e. The van der Waals surface area contributed by atoms with Crippen LogP contribution in [0.3, 0.4) is 0 Å². The van der Waals surface area contributed by atoms with Crippen molar-refractivity contribution in [2.45, 2.75) is 39.9 Å². The van der Waals surface area contributed by atoms with Crippen LogP contribution < -0.4 is 0 Å². The van der Waals surface area contributed by atoms with Crippen molar-refractivity contribution in [1.82, 2.24) is 0 Å². The maximum Gasteiger partial charge on any atom is 0.333 e. The van der Waals surface area contributed by atoms with Gasteiger partial charge in [0.25, 0.3) is 0 Å². The Kier molecular flexibility index (Phi) is 7.85. The molecule has 0 bridgehead atoms. The fourth-order valence-corrected chi connectivity index (χ4v) is 0.949. The molecule has 0 aliphatic heterocycles. The van der Waals surface area contributed by atoms with Gasteiger partial charge < -0.3 is 14.2 Å². The number of ether oxygens (including phenoxy) is 3. The number of esters is 1. The van der Waals surface area contributed by atoms with Gasteiger partial charge >= 0.3 is 5.97 Å². The van der Waals surface area contributed by atoms with E-state index in [1.807, 2.05) is 13.8 Å². The summed E-state index contributed by atoms with van der Waals surface area (Å²) in [5, 5.41) is 0. The first kappa shape index (κ1) is 15.1. The van der Waals surface area contributed by atoms with Gasteiger partial charge in [0.05, 0.1) is 19.3 Å². The molecule has 16 heavy (non-hydrogen) atoms. The number of rotatable bonds is 8. The van der Waals surface area contributed by atoms with Gasteiger partial charge in [-0.1, -0.05) is 6.58 Å². The minimum absolute atomic E-state index is 0.00549. The van der Waals surface area contributed by atoms with E-state index in [1.165, 1.54) is 0 Å². The summed E-state index contributed by atoms with van der Waals surface area (Å²) in [4.78, 5) is 11.2. The average Bonchev–Trinajstić information content (AvgIpc) is 2.23. The summed E-state index contributed by atoms with van der Waals surface area (Å²) in [5.74, 6) is -0.381. The minimum atomic E-state index is -0.381. The molecular weight excluding hydrogens is 208 g/mol. The van der Waals surface area contributed by atoms with Gasteiger partial charge in [0.1, 0.15) is 6.10 Å². The molecule has 0 spiro atoms. The van der Waals surface area contributed by atoms with Crippen LogP contribution in [0.4, 0.5) is 0 Å². The van der Waals surface area contributed by atoms with Gasteiger partial charge in [0.15, 0.2) is 0 Å². The Bertz CT molecular complexity index is 225. The Hall–Kier alpha value is -0.870. The highest BCUT2D eigenvalue weighted by Crippen LogP contribution is 2.01. The second kappa shape index (κ2) is 8.30. The van der Waals surface area contributed by atoms with Crippen LogP contribution in [0.15, 0.2) is 12.2 Å². The standard InChI is InChI=1S/C12H22O4/c1-6-14-7-10(4)15-8-11(5)16-12(13)9(2)3/h10-11H,2,6-8H2,1,3-5H3. The summed E-state index contributed by atoms with van der Waals surface area (Å²) in [6, 6.07) is 0. The molecule has 2 unspecified atom stereocenters. The molecule has 0 fully saturated rings. The normalized spacial score (nSPS) is 14.2. The van der Waals surface area contributed by atoms with Gasteiger partial charge in [0.2, 0.25) is 0 Å². The van der Waals surface area contributed by atoms with Crippen molar-refractivity contribution < 1.29 is 19.0 Å². The van der Waals surface area contributed by atoms with E-state index in [1.54, 1.807) is 13.8 Å². The molecule has 0 aliphatic rings. The second-order valence-corrected chi connectivity index (χ2v) is 3.80. The van der Waals surface area contributed by atoms with Crippen LogP contribution >= 0.6 is 0 Å². The topological polar surface area (TPSA) is 44.8 Å². The Morgan fingerprint density at radius 1 is 1.25 bits per heavy atom. The molecular formula is C12H22O4. The van der Waals surface area contributed by atoms with Crippen molar-refractivity contribution >= 4 is 5.97 Å². The number of carbonyl (C=O) groups excluding carboxylic acids is 1. The lowest BCUT2D eigenvalue weighted by atomic mass is 10.3. The fraction of sp³-hybridized carbons (Fsp3) is 0.750. The molecule has 0 N–H and O–H groups in total. The van der Waals surface area contributed by atoms with Crippen molar-refractivity contribution in [3.63, 3.8) is 0 Å². The molecule has 0 aromatic rings. The summed E-state index contributed by atoms with van der Waals surface area (Å²) in [6.45, 7) is 12.4. The molecule has 0 aromatic heterocycles. The molecule has 0 aliphatic carbocycles. The molecule has 0 heterocycles. The first-order chi connectivity index (χ1) is 7.47. The maximum atomic E-state index is 11.2. The van der Waals surface area contributed by atoms with E-state index in [2.05, 4.69) is 6.58 Å². The zero-order valence-corrected chi connectivity index (χ0v) is 10.6. The third-order valence-corrected chi connectivity index (χ3v) is 1.83. The number of carbonyl (C=O) groups is 1. The van der Waals surface area contributed by atoms with Gasteiger partial charge in [-0.05, 0) is 27.7 Å². The second-order valence-electron chi connectivity index (χ2n) is 3.80. The van der Waals surface area contributed by atoms with Crippen LogP contribution in [0, 0.1) is 0 Å². The Morgan fingerprint density at radius 2 is 1.88 bits per heavy atom. The van der Waals surface area contributed by atoms with Crippen LogP contribution in [0.2, 0.25) is 0 Å². The van der Waals surface area contributed by atoms with E-state index in [4.69, 9.17) is 14.2 Å². The lowest BCUT2D eigenvalue weighted by Gasteiger charge is -2.17. The summed E-state index contributed by atoms with van der Waals surface area (Å²) in [5.41, 5.74) is 0.397. The maximum absolute atomic E-state index is 11.2. The van der Waals surface area contributed by atoms with Gasteiger partial charge in [-0.25, -0.2) is 4.79 Å². The lowest BCUT2D eigenvalue weighted by molar-refractivity contribution is -0.147. The molecule has 4 heteroatoms. The fourth-order valence-electron chi connectivity index (χ4n) is 0.949. The molecule has 0 rings (SSSR count). The molecule has 94 valence electrons. The highest BCUT2D eigenvalue weighted by atomic mass is 16.6. The van der Waals surface area contributed by atoms with Gasteiger partial charge in [-0.15, -0.1) is 0 Å². The zero-order valence-electron chi connectivity index (χ0n) is 10.6. The Labute approximate surface area is 97.6 Å². The number of hydrogen-bond donors (Lipinski definition) is 0. The molecule has 4 nitrogen and oxygen atoms in total. The Balaban J connectivity index is 3.68. The summed E-state index contributed by atoms with van der Waals surface area (Å²) in [6.07, 6.45) is -0.265. The molecule has 0 saturated heterocycles. The van der Waals surface area contributed by atoms with Gasteiger partial charge in [0, 0.05) is 12.2 Å². The van der Waals surface area contributed by atoms with Crippen molar-refractivity contribution in [3.8, 4) is 0 Å². The third kappa shape index (κ3) is 7.43. The van der Waals surface area contributed by atoms with E-state index >= 15 is 0 Å². The lowest BCUT2D eigenvalue weighted by Crippen LogP contribution is -2.25. The van der Waals surface area contributed by atoms with E-state index in [9.17, 15) is 4.79 Å². The SMILES string of the molecule is C=C(C)C(=O)OC(C)COC(C)COCC. The van der Waals surface area contributed by atoms with E-state index in [-0.39, 0.29) is 18.2 Å². The molecule has 0 radical (unpaired) electrons. The molecule has 0 aromatic carbocycles. The first-order valence-corrected chi connectivity index (χ1v) is 5.53.